The van der Waals surface area contributed by atoms with Crippen LogP contribution in [0.5, 0.6) is 0 Å². The van der Waals surface area contributed by atoms with Gasteiger partial charge in [-0.3, -0.25) is 4.79 Å². The number of carbonyl (C=O) groups excluding carboxylic acids is 1. The Labute approximate surface area is 122 Å². The van der Waals surface area contributed by atoms with Crippen molar-refractivity contribution < 1.29 is 9.90 Å². The molecule has 0 spiro atoms. The van der Waals surface area contributed by atoms with Crippen LogP contribution in [0.2, 0.25) is 0 Å². The van der Waals surface area contributed by atoms with Gasteiger partial charge in [-0.15, -0.1) is 0 Å². The third kappa shape index (κ3) is 3.94. The summed E-state index contributed by atoms with van der Waals surface area (Å²) in [6.07, 6.45) is 1.63. The van der Waals surface area contributed by atoms with E-state index in [9.17, 15) is 9.90 Å². The molecule has 4 N–H and O–H groups in total. The predicted molar refractivity (Wildman–Crippen MR) is 81.0 cm³/mol. The van der Waals surface area contributed by atoms with Gasteiger partial charge in [0.15, 0.2) is 0 Å². The summed E-state index contributed by atoms with van der Waals surface area (Å²) in [5, 5.41) is 12.3. The van der Waals surface area contributed by atoms with Crippen molar-refractivity contribution in [2.45, 2.75) is 26.7 Å². The number of nitrogen functional groups attached to an aromatic ring is 1. The third-order valence-electron chi connectivity index (χ3n) is 3.72. The molecule has 5 heteroatoms. The van der Waals surface area contributed by atoms with Crippen LogP contribution in [0.15, 0.2) is 22.7 Å². The number of nitrogens with one attached hydrogen (secondary N) is 1. The van der Waals surface area contributed by atoms with E-state index in [0.717, 1.165) is 17.3 Å². The van der Waals surface area contributed by atoms with Crippen LogP contribution in [-0.4, -0.2) is 24.2 Å². The largest absolute Gasteiger partial charge is 0.398 e. The van der Waals surface area contributed by atoms with Crippen LogP contribution in [0.25, 0.3) is 0 Å². The summed E-state index contributed by atoms with van der Waals surface area (Å²) < 4.78 is 0.811. The Kier molecular flexibility index (Phi) is 5.82. The van der Waals surface area contributed by atoms with Crippen molar-refractivity contribution >= 4 is 27.5 Å². The van der Waals surface area contributed by atoms with Gasteiger partial charge in [0.25, 0.3) is 5.91 Å². The number of rotatable bonds is 6. The average molecular weight is 329 g/mol. The summed E-state index contributed by atoms with van der Waals surface area (Å²) in [5.74, 6) is -0.210. The number of anilines is 1. The highest BCUT2D eigenvalue weighted by Crippen LogP contribution is 2.25. The SMILES string of the molecule is CCC(CC)(CO)CNC(=O)c1cc(Br)ccc1N. The summed E-state index contributed by atoms with van der Waals surface area (Å²) >= 11 is 3.32. The summed E-state index contributed by atoms with van der Waals surface area (Å²) in [6, 6.07) is 5.18. The van der Waals surface area contributed by atoms with Gasteiger partial charge in [-0.25, -0.2) is 0 Å². The molecular weight excluding hydrogens is 308 g/mol. The lowest BCUT2D eigenvalue weighted by Gasteiger charge is -2.29. The second-order valence-electron chi connectivity index (χ2n) is 4.78. The third-order valence-corrected chi connectivity index (χ3v) is 4.21. The van der Waals surface area contributed by atoms with E-state index in [1.54, 1.807) is 18.2 Å². The van der Waals surface area contributed by atoms with Crippen LogP contribution in [0.1, 0.15) is 37.0 Å². The van der Waals surface area contributed by atoms with E-state index in [4.69, 9.17) is 5.73 Å². The first-order chi connectivity index (χ1) is 8.98. The van der Waals surface area contributed by atoms with Gasteiger partial charge in [0, 0.05) is 22.1 Å². The number of aliphatic hydroxyl groups is 1. The summed E-state index contributed by atoms with van der Waals surface area (Å²) in [6.45, 7) is 4.54. The zero-order valence-electron chi connectivity index (χ0n) is 11.4. The standard InChI is InChI=1S/C14H21BrN2O2/c1-3-14(4-2,9-18)8-17-13(19)11-7-10(15)5-6-12(11)16/h5-7,18H,3-4,8-9,16H2,1-2H3,(H,17,19). The number of aliphatic hydroxyl groups excluding tert-OH is 1. The van der Waals surface area contributed by atoms with Gasteiger partial charge in [-0.1, -0.05) is 29.8 Å². The van der Waals surface area contributed by atoms with Gasteiger partial charge in [0.1, 0.15) is 0 Å². The number of nitrogens with two attached hydrogens (primary N) is 1. The molecular formula is C14H21BrN2O2. The number of hydrogen-bond donors (Lipinski definition) is 3. The molecule has 1 rings (SSSR count). The van der Waals surface area contributed by atoms with Crippen molar-refractivity contribution in [2.75, 3.05) is 18.9 Å². The second-order valence-corrected chi connectivity index (χ2v) is 5.70. The van der Waals surface area contributed by atoms with Gasteiger partial charge in [0.2, 0.25) is 0 Å². The maximum Gasteiger partial charge on any atom is 0.253 e. The van der Waals surface area contributed by atoms with Crippen LogP contribution in [0.4, 0.5) is 5.69 Å². The minimum absolute atomic E-state index is 0.0637. The first kappa shape index (κ1) is 16.0. The Hall–Kier alpha value is -1.07. The zero-order chi connectivity index (χ0) is 14.5. The molecule has 1 aromatic rings. The van der Waals surface area contributed by atoms with E-state index in [0.29, 0.717) is 17.8 Å². The normalized spacial score (nSPS) is 11.4. The maximum atomic E-state index is 12.1. The first-order valence-electron chi connectivity index (χ1n) is 6.42. The second kappa shape index (κ2) is 6.91. The number of benzene rings is 1. The Balaban J connectivity index is 2.77. The molecule has 0 fully saturated rings. The van der Waals surface area contributed by atoms with E-state index >= 15 is 0 Å². The molecule has 0 heterocycles. The summed E-state index contributed by atoms with van der Waals surface area (Å²) in [5.41, 5.74) is 6.44. The Bertz CT molecular complexity index is 437. The predicted octanol–water partition coefficient (Wildman–Crippen LogP) is 2.56. The highest BCUT2D eigenvalue weighted by atomic mass is 79.9. The number of amides is 1. The van der Waals surface area contributed by atoms with Crippen LogP contribution in [0.3, 0.4) is 0 Å². The topological polar surface area (TPSA) is 75.3 Å². The minimum atomic E-state index is -0.254. The van der Waals surface area contributed by atoms with Gasteiger partial charge in [-0.05, 0) is 31.0 Å². The van der Waals surface area contributed by atoms with E-state index in [1.807, 2.05) is 13.8 Å². The highest BCUT2D eigenvalue weighted by molar-refractivity contribution is 9.10. The van der Waals surface area contributed by atoms with Crippen LogP contribution >= 0.6 is 15.9 Å². The Morgan fingerprint density at radius 3 is 2.58 bits per heavy atom. The number of carbonyl (C=O) groups is 1. The highest BCUT2D eigenvalue weighted by Gasteiger charge is 2.26. The lowest BCUT2D eigenvalue weighted by molar-refractivity contribution is 0.0852. The minimum Gasteiger partial charge on any atom is -0.398 e. The number of halogens is 1. The zero-order valence-corrected chi connectivity index (χ0v) is 13.0. The molecule has 0 saturated carbocycles. The van der Waals surface area contributed by atoms with Crippen molar-refractivity contribution in [3.05, 3.63) is 28.2 Å². The fourth-order valence-corrected chi connectivity index (χ4v) is 2.23. The average Bonchev–Trinajstić information content (AvgIpc) is 2.43. The van der Waals surface area contributed by atoms with Crippen molar-refractivity contribution in [1.29, 1.82) is 0 Å². The van der Waals surface area contributed by atoms with E-state index in [1.165, 1.54) is 0 Å². The van der Waals surface area contributed by atoms with Gasteiger partial charge in [-0.2, -0.15) is 0 Å². The monoisotopic (exact) mass is 328 g/mol. The van der Waals surface area contributed by atoms with Crippen molar-refractivity contribution in [3.63, 3.8) is 0 Å². The molecule has 0 atom stereocenters. The fraction of sp³-hybridized carbons (Fsp3) is 0.500. The molecule has 0 aliphatic heterocycles. The van der Waals surface area contributed by atoms with E-state index in [2.05, 4.69) is 21.2 Å². The molecule has 4 nitrogen and oxygen atoms in total. The Morgan fingerprint density at radius 2 is 2.05 bits per heavy atom. The van der Waals surface area contributed by atoms with Crippen molar-refractivity contribution in [3.8, 4) is 0 Å². The Morgan fingerprint density at radius 1 is 1.42 bits per heavy atom. The number of hydrogen-bond acceptors (Lipinski definition) is 3. The van der Waals surface area contributed by atoms with E-state index < -0.39 is 0 Å². The molecule has 1 amide bonds. The lowest BCUT2D eigenvalue weighted by Crippen LogP contribution is -2.39. The van der Waals surface area contributed by atoms with Gasteiger partial charge < -0.3 is 16.2 Å². The van der Waals surface area contributed by atoms with Crippen LogP contribution in [0, 0.1) is 5.41 Å². The molecule has 0 aliphatic carbocycles. The molecule has 106 valence electrons. The molecule has 0 radical (unpaired) electrons. The van der Waals surface area contributed by atoms with Gasteiger partial charge >= 0.3 is 0 Å². The van der Waals surface area contributed by atoms with Crippen LogP contribution in [-0.2, 0) is 0 Å². The van der Waals surface area contributed by atoms with Crippen molar-refractivity contribution in [1.82, 2.24) is 5.32 Å². The van der Waals surface area contributed by atoms with Gasteiger partial charge in [0.05, 0.1) is 12.2 Å². The molecule has 1 aromatic carbocycles. The molecule has 0 aromatic heterocycles. The smallest absolute Gasteiger partial charge is 0.253 e. The van der Waals surface area contributed by atoms with Crippen LogP contribution < -0.4 is 11.1 Å². The molecule has 19 heavy (non-hydrogen) atoms. The summed E-state index contributed by atoms with van der Waals surface area (Å²) in [7, 11) is 0. The van der Waals surface area contributed by atoms with Crippen molar-refractivity contribution in [2.24, 2.45) is 5.41 Å². The lowest BCUT2D eigenvalue weighted by atomic mass is 9.83. The molecule has 0 aliphatic rings. The van der Waals surface area contributed by atoms with E-state index in [-0.39, 0.29) is 17.9 Å². The molecule has 0 saturated heterocycles. The summed E-state index contributed by atoms with van der Waals surface area (Å²) in [4.78, 5) is 12.1. The molecule has 0 unspecified atom stereocenters. The maximum absolute atomic E-state index is 12.1. The fourth-order valence-electron chi connectivity index (χ4n) is 1.87. The molecule has 0 bridgehead atoms. The first-order valence-corrected chi connectivity index (χ1v) is 7.21. The quantitative estimate of drug-likeness (QED) is 0.702.